The Morgan fingerprint density at radius 3 is 2.52 bits per heavy atom. The minimum Gasteiger partial charge on any atom is -0.318 e. The molecule has 110 valence electrons. The standard InChI is InChI=1S/C18H19F2N/c1-12-9-10-15(17(20)16(12)19)18(21)11-5-4-7-13-6-2-3-8-14(13)18/h2-3,6,8-10H,4-5,7,11,21H2,1H3. The van der Waals surface area contributed by atoms with Crippen molar-refractivity contribution >= 4 is 0 Å². The molecule has 1 atom stereocenters. The smallest absolute Gasteiger partial charge is 0.164 e. The fourth-order valence-electron chi connectivity index (χ4n) is 3.30. The van der Waals surface area contributed by atoms with E-state index in [0.29, 0.717) is 12.0 Å². The van der Waals surface area contributed by atoms with Gasteiger partial charge in [-0.3, -0.25) is 0 Å². The maximum absolute atomic E-state index is 14.5. The first-order chi connectivity index (χ1) is 10.0. The molecule has 1 aliphatic carbocycles. The van der Waals surface area contributed by atoms with Crippen LogP contribution in [0.4, 0.5) is 8.78 Å². The van der Waals surface area contributed by atoms with Crippen molar-refractivity contribution < 1.29 is 8.78 Å². The van der Waals surface area contributed by atoms with Crippen molar-refractivity contribution in [1.82, 2.24) is 0 Å². The van der Waals surface area contributed by atoms with Crippen molar-refractivity contribution in [1.29, 1.82) is 0 Å². The Labute approximate surface area is 123 Å². The largest absolute Gasteiger partial charge is 0.318 e. The van der Waals surface area contributed by atoms with Crippen molar-refractivity contribution in [3.8, 4) is 0 Å². The molecular weight excluding hydrogens is 268 g/mol. The van der Waals surface area contributed by atoms with Crippen molar-refractivity contribution in [3.05, 3.63) is 70.3 Å². The van der Waals surface area contributed by atoms with Crippen molar-refractivity contribution in [3.63, 3.8) is 0 Å². The molecule has 1 aliphatic rings. The van der Waals surface area contributed by atoms with Crippen LogP contribution in [0.1, 0.15) is 41.5 Å². The Hall–Kier alpha value is -1.74. The average molecular weight is 287 g/mol. The monoisotopic (exact) mass is 287 g/mol. The van der Waals surface area contributed by atoms with Gasteiger partial charge in [0.15, 0.2) is 11.6 Å². The summed E-state index contributed by atoms with van der Waals surface area (Å²) in [4.78, 5) is 0. The van der Waals surface area contributed by atoms with Gasteiger partial charge in [0.25, 0.3) is 0 Å². The topological polar surface area (TPSA) is 26.0 Å². The molecule has 0 aromatic heterocycles. The van der Waals surface area contributed by atoms with E-state index in [2.05, 4.69) is 0 Å². The minimum atomic E-state index is -0.953. The molecule has 1 unspecified atom stereocenters. The summed E-state index contributed by atoms with van der Waals surface area (Å²) in [6.07, 6.45) is 3.49. The maximum atomic E-state index is 14.5. The number of halogens is 2. The van der Waals surface area contributed by atoms with Gasteiger partial charge in [-0.25, -0.2) is 8.78 Å². The highest BCUT2D eigenvalue weighted by molar-refractivity contribution is 5.45. The molecule has 3 heteroatoms. The number of fused-ring (bicyclic) bond motifs is 1. The first-order valence-corrected chi connectivity index (χ1v) is 7.36. The first kappa shape index (κ1) is 14.2. The highest BCUT2D eigenvalue weighted by Gasteiger charge is 2.36. The highest BCUT2D eigenvalue weighted by atomic mass is 19.2. The molecule has 0 spiro atoms. The lowest BCUT2D eigenvalue weighted by atomic mass is 9.79. The Kier molecular flexibility index (Phi) is 3.54. The molecule has 0 heterocycles. The zero-order valence-corrected chi connectivity index (χ0v) is 12.1. The number of nitrogens with two attached hydrogens (primary N) is 1. The van der Waals surface area contributed by atoms with Crippen LogP contribution < -0.4 is 5.73 Å². The van der Waals surface area contributed by atoms with Gasteiger partial charge >= 0.3 is 0 Å². The zero-order chi connectivity index (χ0) is 15.0. The average Bonchev–Trinajstić information content (AvgIpc) is 2.65. The van der Waals surface area contributed by atoms with E-state index in [1.54, 1.807) is 19.1 Å². The zero-order valence-electron chi connectivity index (χ0n) is 12.1. The van der Waals surface area contributed by atoms with Crippen LogP contribution in [0.2, 0.25) is 0 Å². The number of rotatable bonds is 1. The third-order valence-electron chi connectivity index (χ3n) is 4.52. The molecule has 3 rings (SSSR count). The SMILES string of the molecule is Cc1ccc(C2(N)CCCCc3ccccc32)c(F)c1F. The van der Waals surface area contributed by atoms with Gasteiger partial charge < -0.3 is 5.73 Å². The Morgan fingerprint density at radius 2 is 1.71 bits per heavy atom. The van der Waals surface area contributed by atoms with E-state index >= 15 is 0 Å². The van der Waals surface area contributed by atoms with Gasteiger partial charge in [0, 0.05) is 5.56 Å². The highest BCUT2D eigenvalue weighted by Crippen LogP contribution is 2.39. The molecule has 0 radical (unpaired) electrons. The second-order valence-corrected chi connectivity index (χ2v) is 5.89. The van der Waals surface area contributed by atoms with Gasteiger partial charge in [0.2, 0.25) is 0 Å². The molecule has 0 amide bonds. The molecule has 0 fully saturated rings. The quantitative estimate of drug-likeness (QED) is 0.781. The van der Waals surface area contributed by atoms with Crippen LogP contribution in [0.15, 0.2) is 36.4 Å². The molecule has 0 bridgehead atoms. The van der Waals surface area contributed by atoms with Gasteiger partial charge in [-0.15, -0.1) is 0 Å². The van der Waals surface area contributed by atoms with Crippen LogP contribution >= 0.6 is 0 Å². The molecule has 0 aliphatic heterocycles. The lowest BCUT2D eigenvalue weighted by Gasteiger charge is -2.31. The minimum absolute atomic E-state index is 0.264. The molecule has 21 heavy (non-hydrogen) atoms. The lowest BCUT2D eigenvalue weighted by Crippen LogP contribution is -2.39. The maximum Gasteiger partial charge on any atom is 0.164 e. The van der Waals surface area contributed by atoms with Gasteiger partial charge in [0.1, 0.15) is 0 Å². The van der Waals surface area contributed by atoms with E-state index in [-0.39, 0.29) is 5.56 Å². The van der Waals surface area contributed by atoms with Crippen molar-refractivity contribution in [2.75, 3.05) is 0 Å². The van der Waals surface area contributed by atoms with Crippen LogP contribution in [0.3, 0.4) is 0 Å². The predicted octanol–water partition coefficient (Wildman–Crippen LogP) is 4.20. The van der Waals surface area contributed by atoms with E-state index in [1.165, 1.54) is 0 Å². The summed E-state index contributed by atoms with van der Waals surface area (Å²) in [5.41, 5.74) is 8.28. The van der Waals surface area contributed by atoms with Crippen LogP contribution in [-0.2, 0) is 12.0 Å². The van der Waals surface area contributed by atoms with Crippen LogP contribution in [-0.4, -0.2) is 0 Å². The summed E-state index contributed by atoms with van der Waals surface area (Å²) >= 11 is 0. The second-order valence-electron chi connectivity index (χ2n) is 5.89. The molecule has 2 aromatic rings. The molecule has 2 aromatic carbocycles. The number of benzene rings is 2. The van der Waals surface area contributed by atoms with Gasteiger partial charge in [0.05, 0.1) is 5.54 Å². The summed E-state index contributed by atoms with van der Waals surface area (Å²) in [5.74, 6) is -1.60. The molecule has 1 nitrogen and oxygen atoms in total. The summed E-state index contributed by atoms with van der Waals surface area (Å²) in [7, 11) is 0. The Bertz CT molecular complexity index is 681. The van der Waals surface area contributed by atoms with Crippen molar-refractivity contribution in [2.24, 2.45) is 5.73 Å². The fraction of sp³-hybridized carbons (Fsp3) is 0.333. The van der Waals surface area contributed by atoms with Gasteiger partial charge in [-0.1, -0.05) is 42.8 Å². The number of aryl methyl sites for hydroxylation is 2. The van der Waals surface area contributed by atoms with E-state index < -0.39 is 17.2 Å². The van der Waals surface area contributed by atoms with Gasteiger partial charge in [-0.05, 0) is 42.9 Å². The first-order valence-electron chi connectivity index (χ1n) is 7.36. The van der Waals surface area contributed by atoms with Crippen molar-refractivity contribution in [2.45, 2.75) is 38.1 Å². The van der Waals surface area contributed by atoms with Gasteiger partial charge in [-0.2, -0.15) is 0 Å². The summed E-state index contributed by atoms with van der Waals surface area (Å²) in [5, 5.41) is 0. The number of hydrogen-bond acceptors (Lipinski definition) is 1. The van der Waals surface area contributed by atoms with Crippen LogP contribution in [0.25, 0.3) is 0 Å². The number of hydrogen-bond donors (Lipinski definition) is 1. The lowest BCUT2D eigenvalue weighted by molar-refractivity contribution is 0.426. The van der Waals surface area contributed by atoms with E-state index in [1.807, 2.05) is 24.3 Å². The molecule has 0 saturated heterocycles. The molecule has 2 N–H and O–H groups in total. The second kappa shape index (κ2) is 5.23. The summed E-state index contributed by atoms with van der Waals surface area (Å²) in [6.45, 7) is 1.56. The van der Waals surface area contributed by atoms with Crippen LogP contribution in [0.5, 0.6) is 0 Å². The predicted molar refractivity (Wildman–Crippen MR) is 80.1 cm³/mol. The third-order valence-corrected chi connectivity index (χ3v) is 4.52. The van der Waals surface area contributed by atoms with E-state index in [0.717, 1.165) is 30.4 Å². The molecular formula is C18H19F2N. The third kappa shape index (κ3) is 2.26. The Morgan fingerprint density at radius 1 is 0.952 bits per heavy atom. The Balaban J connectivity index is 2.23. The normalized spacial score (nSPS) is 21.7. The van der Waals surface area contributed by atoms with E-state index in [4.69, 9.17) is 5.73 Å². The molecule has 0 saturated carbocycles. The van der Waals surface area contributed by atoms with Crippen LogP contribution in [0, 0.1) is 18.6 Å². The van der Waals surface area contributed by atoms with E-state index in [9.17, 15) is 8.78 Å². The summed E-state index contributed by atoms with van der Waals surface area (Å²) < 4.78 is 28.4. The fourth-order valence-corrected chi connectivity index (χ4v) is 3.30. The summed E-state index contributed by atoms with van der Waals surface area (Å²) in [6, 6.07) is 11.1.